The summed E-state index contributed by atoms with van der Waals surface area (Å²) < 4.78 is 16.0. The van der Waals surface area contributed by atoms with Crippen LogP contribution in [-0.4, -0.2) is 20.3 Å². The van der Waals surface area contributed by atoms with Gasteiger partial charge in [-0.1, -0.05) is 30.5 Å². The third-order valence-electron chi connectivity index (χ3n) is 4.07. The summed E-state index contributed by atoms with van der Waals surface area (Å²) >= 11 is 6.20. The van der Waals surface area contributed by atoms with Crippen molar-refractivity contribution in [1.29, 1.82) is 0 Å². The van der Waals surface area contributed by atoms with E-state index in [1.165, 1.54) is 6.07 Å². The molecule has 1 saturated carbocycles. The standard InChI is InChI=1S/C15H16ClFN2O/c16-11-4-3-5-12(17)13(11)14(19-9-8-18-10-19)15(20)6-1-2-7-15/h3-5,8-10,14,20H,1-2,6-7H2. The fourth-order valence-corrected chi connectivity index (χ4v) is 3.42. The smallest absolute Gasteiger partial charge is 0.130 e. The highest BCUT2D eigenvalue weighted by molar-refractivity contribution is 6.31. The summed E-state index contributed by atoms with van der Waals surface area (Å²) in [5.41, 5.74) is -0.636. The first kappa shape index (κ1) is 13.6. The second-order valence-corrected chi connectivity index (χ2v) is 5.77. The summed E-state index contributed by atoms with van der Waals surface area (Å²) in [6.07, 6.45) is 8.12. The molecule has 2 aromatic rings. The summed E-state index contributed by atoms with van der Waals surface area (Å²) in [7, 11) is 0. The van der Waals surface area contributed by atoms with E-state index in [2.05, 4.69) is 4.98 Å². The molecule has 1 heterocycles. The van der Waals surface area contributed by atoms with Gasteiger partial charge in [-0.25, -0.2) is 9.37 Å². The maximum absolute atomic E-state index is 14.3. The molecule has 0 spiro atoms. The number of rotatable bonds is 3. The molecule has 0 aliphatic heterocycles. The fraction of sp³-hybridized carbons (Fsp3) is 0.400. The molecule has 0 saturated heterocycles. The highest BCUT2D eigenvalue weighted by atomic mass is 35.5. The van der Waals surface area contributed by atoms with Gasteiger partial charge in [0.05, 0.1) is 18.0 Å². The Morgan fingerprint density at radius 3 is 2.70 bits per heavy atom. The zero-order valence-electron chi connectivity index (χ0n) is 11.0. The predicted octanol–water partition coefficient (Wildman–Crippen LogP) is 3.57. The average Bonchev–Trinajstić information content (AvgIpc) is 3.06. The molecule has 3 rings (SSSR count). The first-order chi connectivity index (χ1) is 9.62. The second kappa shape index (κ2) is 5.19. The largest absolute Gasteiger partial charge is 0.387 e. The van der Waals surface area contributed by atoms with Crippen LogP contribution >= 0.6 is 11.6 Å². The molecule has 0 radical (unpaired) electrons. The van der Waals surface area contributed by atoms with Crippen molar-refractivity contribution in [3.8, 4) is 0 Å². The minimum atomic E-state index is -0.980. The molecule has 5 heteroatoms. The second-order valence-electron chi connectivity index (χ2n) is 5.36. The summed E-state index contributed by atoms with van der Waals surface area (Å²) in [4.78, 5) is 4.02. The molecule has 0 amide bonds. The topological polar surface area (TPSA) is 38.0 Å². The number of nitrogens with zero attached hydrogens (tertiary/aromatic N) is 2. The number of hydrogen-bond acceptors (Lipinski definition) is 2. The van der Waals surface area contributed by atoms with Crippen LogP contribution < -0.4 is 0 Å². The van der Waals surface area contributed by atoms with Gasteiger partial charge < -0.3 is 9.67 Å². The Kier molecular flexibility index (Phi) is 3.52. The van der Waals surface area contributed by atoms with Gasteiger partial charge in [0, 0.05) is 23.0 Å². The summed E-state index contributed by atoms with van der Waals surface area (Å²) in [5, 5.41) is 11.3. The van der Waals surface area contributed by atoms with Crippen LogP contribution in [0, 0.1) is 5.82 Å². The first-order valence-electron chi connectivity index (χ1n) is 6.75. The van der Waals surface area contributed by atoms with Gasteiger partial charge in [0.2, 0.25) is 0 Å². The Hall–Kier alpha value is -1.39. The van der Waals surface area contributed by atoms with Crippen LogP contribution in [0.2, 0.25) is 5.02 Å². The highest BCUT2D eigenvalue weighted by Gasteiger charge is 2.43. The van der Waals surface area contributed by atoms with E-state index in [-0.39, 0.29) is 0 Å². The summed E-state index contributed by atoms with van der Waals surface area (Å²) in [6, 6.07) is 4.07. The molecule has 1 N–H and O–H groups in total. The van der Waals surface area contributed by atoms with E-state index in [1.54, 1.807) is 35.4 Å². The van der Waals surface area contributed by atoms with E-state index in [0.29, 0.717) is 23.4 Å². The fourth-order valence-electron chi connectivity index (χ4n) is 3.15. The van der Waals surface area contributed by atoms with E-state index in [0.717, 1.165) is 12.8 Å². The molecule has 1 aromatic carbocycles. The van der Waals surface area contributed by atoms with E-state index < -0.39 is 17.5 Å². The number of imidazole rings is 1. The van der Waals surface area contributed by atoms with E-state index >= 15 is 0 Å². The van der Waals surface area contributed by atoms with Gasteiger partial charge in [-0.2, -0.15) is 0 Å². The van der Waals surface area contributed by atoms with Crippen molar-refractivity contribution in [2.75, 3.05) is 0 Å². The zero-order chi connectivity index (χ0) is 14.2. The molecule has 0 bridgehead atoms. The maximum Gasteiger partial charge on any atom is 0.130 e. The zero-order valence-corrected chi connectivity index (χ0v) is 11.7. The molecule has 106 valence electrons. The van der Waals surface area contributed by atoms with Gasteiger partial charge in [-0.15, -0.1) is 0 Å². The van der Waals surface area contributed by atoms with Gasteiger partial charge in [0.15, 0.2) is 0 Å². The van der Waals surface area contributed by atoms with E-state index in [9.17, 15) is 9.50 Å². The monoisotopic (exact) mass is 294 g/mol. The molecule has 1 aliphatic rings. The Balaban J connectivity index is 2.16. The van der Waals surface area contributed by atoms with Crippen molar-refractivity contribution < 1.29 is 9.50 Å². The summed E-state index contributed by atoms with van der Waals surface area (Å²) in [6.45, 7) is 0. The van der Waals surface area contributed by atoms with Crippen molar-refractivity contribution in [3.05, 3.63) is 53.3 Å². The lowest BCUT2D eigenvalue weighted by Gasteiger charge is -2.34. The van der Waals surface area contributed by atoms with Crippen LogP contribution in [0.1, 0.15) is 37.3 Å². The number of hydrogen-bond donors (Lipinski definition) is 1. The third-order valence-corrected chi connectivity index (χ3v) is 4.40. The third kappa shape index (κ3) is 2.23. The summed E-state index contributed by atoms with van der Waals surface area (Å²) in [5.74, 6) is -0.392. The van der Waals surface area contributed by atoms with Crippen molar-refractivity contribution in [2.45, 2.75) is 37.3 Å². The van der Waals surface area contributed by atoms with E-state index in [4.69, 9.17) is 11.6 Å². The van der Waals surface area contributed by atoms with Crippen LogP contribution in [0.5, 0.6) is 0 Å². The van der Waals surface area contributed by atoms with Gasteiger partial charge in [-0.3, -0.25) is 0 Å². The normalized spacial score (nSPS) is 19.1. The Morgan fingerprint density at radius 1 is 1.35 bits per heavy atom. The van der Waals surface area contributed by atoms with Crippen LogP contribution in [-0.2, 0) is 0 Å². The van der Waals surface area contributed by atoms with Gasteiger partial charge in [0.1, 0.15) is 5.82 Å². The first-order valence-corrected chi connectivity index (χ1v) is 7.13. The lowest BCUT2D eigenvalue weighted by atomic mass is 9.86. The van der Waals surface area contributed by atoms with Crippen molar-refractivity contribution >= 4 is 11.6 Å². The molecule has 1 aliphatic carbocycles. The van der Waals surface area contributed by atoms with Crippen LogP contribution in [0.25, 0.3) is 0 Å². The molecule has 1 atom stereocenters. The van der Waals surface area contributed by atoms with Gasteiger partial charge in [0.25, 0.3) is 0 Å². The minimum absolute atomic E-state index is 0.337. The molecule has 1 unspecified atom stereocenters. The average molecular weight is 295 g/mol. The van der Waals surface area contributed by atoms with Crippen LogP contribution in [0.4, 0.5) is 4.39 Å². The van der Waals surface area contributed by atoms with Crippen molar-refractivity contribution in [1.82, 2.24) is 9.55 Å². The van der Waals surface area contributed by atoms with Gasteiger partial charge >= 0.3 is 0 Å². The van der Waals surface area contributed by atoms with Crippen molar-refractivity contribution in [3.63, 3.8) is 0 Å². The Labute approximate surface area is 122 Å². The predicted molar refractivity (Wildman–Crippen MR) is 75.2 cm³/mol. The Morgan fingerprint density at radius 2 is 2.10 bits per heavy atom. The highest BCUT2D eigenvalue weighted by Crippen LogP contribution is 2.44. The molecule has 1 fully saturated rings. The Bertz CT molecular complexity index is 574. The lowest BCUT2D eigenvalue weighted by molar-refractivity contribution is 0.00748. The molecule has 3 nitrogen and oxygen atoms in total. The van der Waals surface area contributed by atoms with Gasteiger partial charge in [-0.05, 0) is 25.0 Å². The molecule has 1 aromatic heterocycles. The van der Waals surface area contributed by atoms with Crippen LogP contribution in [0.15, 0.2) is 36.9 Å². The van der Waals surface area contributed by atoms with Crippen molar-refractivity contribution in [2.24, 2.45) is 0 Å². The lowest BCUT2D eigenvalue weighted by Crippen LogP contribution is -2.37. The van der Waals surface area contributed by atoms with E-state index in [1.807, 2.05) is 0 Å². The minimum Gasteiger partial charge on any atom is -0.387 e. The maximum atomic E-state index is 14.3. The number of benzene rings is 1. The number of aromatic nitrogens is 2. The van der Waals surface area contributed by atoms with Crippen LogP contribution in [0.3, 0.4) is 0 Å². The quantitative estimate of drug-likeness (QED) is 0.940. The number of halogens is 2. The molecular formula is C15H16ClFN2O. The molecule has 20 heavy (non-hydrogen) atoms. The molecular weight excluding hydrogens is 279 g/mol. The SMILES string of the molecule is OC1(C(c2c(F)cccc2Cl)n2ccnc2)CCCC1. The number of aliphatic hydroxyl groups is 1.